The molecule has 0 heterocycles. The van der Waals surface area contributed by atoms with Gasteiger partial charge in [-0.15, -0.1) is 12.6 Å². The van der Waals surface area contributed by atoms with Crippen molar-refractivity contribution < 1.29 is 13.5 Å². The summed E-state index contributed by atoms with van der Waals surface area (Å²) in [7, 11) is -3.66. The van der Waals surface area contributed by atoms with Gasteiger partial charge in [0.2, 0.25) is 0 Å². The highest BCUT2D eigenvalue weighted by molar-refractivity contribution is 7.95. The van der Waals surface area contributed by atoms with Crippen molar-refractivity contribution in [1.29, 1.82) is 0 Å². The summed E-state index contributed by atoms with van der Waals surface area (Å²) in [6, 6.07) is 13.3. The smallest absolute Gasteiger partial charge is 0.255 e. The van der Waals surface area contributed by atoms with Crippen molar-refractivity contribution in [2.75, 3.05) is 4.72 Å². The lowest BCUT2D eigenvalue weighted by atomic mass is 10.2. The number of phenols is 1. The predicted octanol–water partition coefficient (Wildman–Crippen LogP) is 3.09. The Balaban J connectivity index is 2.20. The molecule has 0 aliphatic carbocycles. The summed E-state index contributed by atoms with van der Waals surface area (Å²) in [6.45, 7) is 0. The molecular formula is C14H13NO3S2. The maximum absolute atomic E-state index is 11.9. The first kappa shape index (κ1) is 14.5. The molecule has 104 valence electrons. The average Bonchev–Trinajstić information content (AvgIpc) is 2.40. The second-order valence-corrected chi connectivity index (χ2v) is 6.07. The zero-order chi connectivity index (χ0) is 14.6. The van der Waals surface area contributed by atoms with E-state index in [1.807, 2.05) is 0 Å². The zero-order valence-corrected chi connectivity index (χ0v) is 12.1. The van der Waals surface area contributed by atoms with E-state index in [9.17, 15) is 13.5 Å². The average molecular weight is 307 g/mol. The van der Waals surface area contributed by atoms with E-state index in [2.05, 4.69) is 17.4 Å². The van der Waals surface area contributed by atoms with Crippen LogP contribution in [-0.4, -0.2) is 13.5 Å². The number of nitrogens with one attached hydrogen (secondary N) is 1. The molecule has 0 aliphatic heterocycles. The Kier molecular flexibility index (Phi) is 4.36. The molecule has 0 saturated carbocycles. The van der Waals surface area contributed by atoms with Gasteiger partial charge in [0, 0.05) is 10.5 Å². The minimum Gasteiger partial charge on any atom is -0.507 e. The highest BCUT2D eigenvalue weighted by Gasteiger charge is 2.08. The minimum absolute atomic E-state index is 0.0218. The first-order chi connectivity index (χ1) is 9.48. The van der Waals surface area contributed by atoms with Crippen LogP contribution in [0.5, 0.6) is 5.75 Å². The first-order valence-corrected chi connectivity index (χ1v) is 7.74. The van der Waals surface area contributed by atoms with Crippen LogP contribution < -0.4 is 4.72 Å². The van der Waals surface area contributed by atoms with E-state index in [1.165, 1.54) is 12.1 Å². The van der Waals surface area contributed by atoms with E-state index in [4.69, 9.17) is 0 Å². The Hall–Kier alpha value is -1.92. The molecule has 2 rings (SSSR count). The molecule has 20 heavy (non-hydrogen) atoms. The second-order valence-electron chi connectivity index (χ2n) is 4.03. The molecule has 0 unspecified atom stereocenters. The fourth-order valence-electron chi connectivity index (χ4n) is 1.54. The third-order valence-electron chi connectivity index (χ3n) is 2.52. The highest BCUT2D eigenvalue weighted by atomic mass is 32.2. The number of rotatable bonds is 4. The fraction of sp³-hybridized carbons (Fsp3) is 0. The quantitative estimate of drug-likeness (QED) is 0.760. The van der Waals surface area contributed by atoms with E-state index >= 15 is 0 Å². The van der Waals surface area contributed by atoms with E-state index in [0.717, 1.165) is 5.41 Å². The van der Waals surface area contributed by atoms with E-state index in [-0.39, 0.29) is 5.75 Å². The Labute approximate surface area is 123 Å². The van der Waals surface area contributed by atoms with Crippen LogP contribution in [0.3, 0.4) is 0 Å². The van der Waals surface area contributed by atoms with Gasteiger partial charge in [-0.25, -0.2) is 8.42 Å². The molecule has 4 nitrogen and oxygen atoms in total. The number of sulfonamides is 1. The van der Waals surface area contributed by atoms with E-state index < -0.39 is 10.0 Å². The van der Waals surface area contributed by atoms with Crippen molar-refractivity contribution >= 4 is 34.4 Å². The molecule has 2 N–H and O–H groups in total. The van der Waals surface area contributed by atoms with Crippen LogP contribution in [-0.2, 0) is 10.0 Å². The van der Waals surface area contributed by atoms with E-state index in [1.54, 1.807) is 42.5 Å². The lowest BCUT2D eigenvalue weighted by Crippen LogP contribution is -2.09. The van der Waals surface area contributed by atoms with Crippen molar-refractivity contribution in [1.82, 2.24) is 0 Å². The molecule has 0 amide bonds. The summed E-state index contributed by atoms with van der Waals surface area (Å²) in [5, 5.41) is 10.6. The van der Waals surface area contributed by atoms with Crippen LogP contribution in [0.1, 0.15) is 5.56 Å². The molecule has 0 aliphatic rings. The predicted molar refractivity (Wildman–Crippen MR) is 83.4 cm³/mol. The standard InChI is InChI=1S/C14H13NO3S2/c16-13-7-3-1-5-11(13)9-10-20(17,18)15-12-6-2-4-8-14(12)19/h1-10,15-16,19H/b10-9+. The summed E-state index contributed by atoms with van der Waals surface area (Å²) < 4.78 is 26.3. The summed E-state index contributed by atoms with van der Waals surface area (Å²) in [4.78, 5) is 0.534. The number of thiol groups is 1. The zero-order valence-electron chi connectivity index (χ0n) is 10.4. The number of anilines is 1. The van der Waals surface area contributed by atoms with Crippen molar-refractivity contribution in [3.63, 3.8) is 0 Å². The summed E-state index contributed by atoms with van der Waals surface area (Å²) in [5.41, 5.74) is 0.829. The largest absolute Gasteiger partial charge is 0.507 e. The number of hydrogen-bond donors (Lipinski definition) is 3. The van der Waals surface area contributed by atoms with Crippen molar-refractivity contribution in [2.45, 2.75) is 4.90 Å². The third-order valence-corrected chi connectivity index (χ3v) is 3.91. The number of phenolic OH excluding ortho intramolecular Hbond substituents is 1. The molecule has 0 bridgehead atoms. The van der Waals surface area contributed by atoms with E-state index in [0.29, 0.717) is 16.1 Å². The SMILES string of the molecule is O=S(=O)(/C=C/c1ccccc1O)Nc1ccccc1S. The summed E-state index contributed by atoms with van der Waals surface area (Å²) in [6.07, 6.45) is 1.33. The van der Waals surface area contributed by atoms with Crippen molar-refractivity contribution in [2.24, 2.45) is 0 Å². The maximum atomic E-state index is 11.9. The molecule has 0 aromatic heterocycles. The first-order valence-electron chi connectivity index (χ1n) is 5.75. The van der Waals surface area contributed by atoms with Gasteiger partial charge in [-0.05, 0) is 24.3 Å². The van der Waals surface area contributed by atoms with Gasteiger partial charge < -0.3 is 5.11 Å². The van der Waals surface area contributed by atoms with Gasteiger partial charge in [0.15, 0.2) is 0 Å². The lowest BCUT2D eigenvalue weighted by Gasteiger charge is -2.06. The normalized spacial score (nSPS) is 11.7. The van der Waals surface area contributed by atoms with Crippen LogP contribution in [0.2, 0.25) is 0 Å². The molecule has 0 saturated heterocycles. The molecule has 6 heteroatoms. The van der Waals surface area contributed by atoms with Crippen LogP contribution in [0.4, 0.5) is 5.69 Å². The lowest BCUT2D eigenvalue weighted by molar-refractivity contribution is 0.474. The Morgan fingerprint density at radius 3 is 2.40 bits per heavy atom. The second kappa shape index (κ2) is 6.02. The topological polar surface area (TPSA) is 66.4 Å². The molecule has 0 atom stereocenters. The van der Waals surface area contributed by atoms with Gasteiger partial charge in [0.05, 0.1) is 11.1 Å². The van der Waals surface area contributed by atoms with Crippen molar-refractivity contribution in [3.8, 4) is 5.75 Å². The van der Waals surface area contributed by atoms with Crippen LogP contribution >= 0.6 is 12.6 Å². The highest BCUT2D eigenvalue weighted by Crippen LogP contribution is 2.21. The van der Waals surface area contributed by atoms with Crippen LogP contribution in [0, 0.1) is 0 Å². The monoisotopic (exact) mass is 307 g/mol. The van der Waals surface area contributed by atoms with Gasteiger partial charge in [-0.1, -0.05) is 30.3 Å². The van der Waals surface area contributed by atoms with Crippen LogP contribution in [0.15, 0.2) is 58.8 Å². The Bertz CT molecular complexity index is 740. The molecule has 2 aromatic carbocycles. The maximum Gasteiger partial charge on any atom is 0.255 e. The van der Waals surface area contributed by atoms with Crippen LogP contribution in [0.25, 0.3) is 6.08 Å². The molecule has 0 spiro atoms. The molecular weight excluding hydrogens is 294 g/mol. The van der Waals surface area contributed by atoms with Gasteiger partial charge in [0.25, 0.3) is 10.0 Å². The van der Waals surface area contributed by atoms with Crippen molar-refractivity contribution in [3.05, 3.63) is 59.5 Å². The van der Waals surface area contributed by atoms with Gasteiger partial charge in [-0.3, -0.25) is 4.72 Å². The Morgan fingerprint density at radius 1 is 1.05 bits per heavy atom. The molecule has 0 radical (unpaired) electrons. The van der Waals surface area contributed by atoms with Gasteiger partial charge in [0.1, 0.15) is 5.75 Å². The number of benzene rings is 2. The Morgan fingerprint density at radius 2 is 1.70 bits per heavy atom. The van der Waals surface area contributed by atoms with Gasteiger partial charge in [-0.2, -0.15) is 0 Å². The third kappa shape index (κ3) is 3.79. The number of hydrogen-bond acceptors (Lipinski definition) is 4. The minimum atomic E-state index is -3.66. The molecule has 0 fully saturated rings. The summed E-state index contributed by atoms with van der Waals surface area (Å²) in [5.74, 6) is 0.0218. The number of aromatic hydroxyl groups is 1. The van der Waals surface area contributed by atoms with Gasteiger partial charge >= 0.3 is 0 Å². The molecule has 2 aromatic rings. The fourth-order valence-corrected chi connectivity index (χ4v) is 2.71. The number of para-hydroxylation sites is 2. The summed E-state index contributed by atoms with van der Waals surface area (Å²) >= 11 is 4.17.